The van der Waals surface area contributed by atoms with Crippen molar-refractivity contribution in [2.24, 2.45) is 16.3 Å². The average molecular weight is 282 g/mol. The van der Waals surface area contributed by atoms with Crippen molar-refractivity contribution in [2.75, 3.05) is 13.7 Å². The van der Waals surface area contributed by atoms with Gasteiger partial charge in [-0.25, -0.2) is 0 Å². The molecule has 112 valence electrons. The Labute approximate surface area is 118 Å². The third-order valence-corrected chi connectivity index (χ3v) is 3.20. The lowest BCUT2D eigenvalue weighted by Crippen LogP contribution is -2.33. The van der Waals surface area contributed by atoms with Gasteiger partial charge in [-0.3, -0.25) is 0 Å². The Morgan fingerprint density at radius 1 is 1.35 bits per heavy atom. The first-order valence-corrected chi connectivity index (χ1v) is 6.33. The maximum atomic E-state index is 9.07. The molecule has 0 aliphatic carbocycles. The van der Waals surface area contributed by atoms with Crippen LogP contribution in [0.15, 0.2) is 23.4 Å². The summed E-state index contributed by atoms with van der Waals surface area (Å²) in [5.41, 5.74) is 5.92. The Balaban J connectivity index is 2.67. The molecule has 0 aliphatic rings. The normalized spacial score (nSPS) is 12.3. The minimum absolute atomic E-state index is 0.0484. The third kappa shape index (κ3) is 4.03. The van der Waals surface area contributed by atoms with E-state index in [4.69, 9.17) is 25.5 Å². The van der Waals surface area contributed by atoms with Gasteiger partial charge in [0.2, 0.25) is 0 Å². The zero-order valence-corrected chi connectivity index (χ0v) is 12.1. The van der Waals surface area contributed by atoms with E-state index < -0.39 is 5.41 Å². The molecule has 0 aliphatic heterocycles. The third-order valence-electron chi connectivity index (χ3n) is 3.20. The van der Waals surface area contributed by atoms with Crippen LogP contribution in [0.3, 0.4) is 0 Å². The van der Waals surface area contributed by atoms with Crippen LogP contribution in [-0.2, 0) is 6.61 Å². The summed E-state index contributed by atoms with van der Waals surface area (Å²) in [6, 6.07) is 5.25. The van der Waals surface area contributed by atoms with Crippen LogP contribution in [0.25, 0.3) is 0 Å². The highest BCUT2D eigenvalue weighted by molar-refractivity contribution is 5.85. The first-order chi connectivity index (χ1) is 9.44. The second-order valence-electron chi connectivity index (χ2n) is 5.11. The highest BCUT2D eigenvalue weighted by Crippen LogP contribution is 2.29. The van der Waals surface area contributed by atoms with Crippen molar-refractivity contribution in [3.8, 4) is 11.5 Å². The summed E-state index contributed by atoms with van der Waals surface area (Å²) in [4.78, 5) is 0. The Kier molecular flexibility index (Phi) is 5.64. The van der Waals surface area contributed by atoms with Crippen LogP contribution >= 0.6 is 0 Å². The molecule has 4 N–H and O–H groups in total. The van der Waals surface area contributed by atoms with Gasteiger partial charge < -0.3 is 25.5 Å². The number of amidine groups is 1. The van der Waals surface area contributed by atoms with E-state index in [1.54, 1.807) is 25.3 Å². The Bertz CT molecular complexity index is 472. The van der Waals surface area contributed by atoms with E-state index in [0.717, 1.165) is 5.56 Å². The van der Waals surface area contributed by atoms with E-state index in [0.29, 0.717) is 24.5 Å². The lowest BCUT2D eigenvalue weighted by molar-refractivity contribution is 0.248. The zero-order chi connectivity index (χ0) is 15.2. The molecule has 1 aromatic carbocycles. The summed E-state index contributed by atoms with van der Waals surface area (Å²) in [5.74, 6) is 1.34. The number of aliphatic hydroxyl groups excluding tert-OH is 1. The van der Waals surface area contributed by atoms with Gasteiger partial charge in [0.05, 0.1) is 20.3 Å². The number of nitrogens with two attached hydrogens (primary N) is 1. The molecular formula is C14H22N2O4. The molecule has 0 radical (unpaired) electrons. The van der Waals surface area contributed by atoms with Crippen LogP contribution in [0.1, 0.15) is 25.8 Å². The molecule has 6 nitrogen and oxygen atoms in total. The topological polar surface area (TPSA) is 97.3 Å². The van der Waals surface area contributed by atoms with Gasteiger partial charge >= 0.3 is 0 Å². The number of ether oxygens (including phenoxy) is 2. The summed E-state index contributed by atoms with van der Waals surface area (Å²) in [5, 5.41) is 20.8. The van der Waals surface area contributed by atoms with Crippen molar-refractivity contribution in [3.63, 3.8) is 0 Å². The molecular weight excluding hydrogens is 260 g/mol. The van der Waals surface area contributed by atoms with Crippen LogP contribution in [0, 0.1) is 5.41 Å². The summed E-state index contributed by atoms with van der Waals surface area (Å²) in [7, 11) is 1.55. The number of rotatable bonds is 7. The second kappa shape index (κ2) is 7.00. The molecule has 0 unspecified atom stereocenters. The highest BCUT2D eigenvalue weighted by Gasteiger charge is 2.23. The van der Waals surface area contributed by atoms with Crippen molar-refractivity contribution < 1.29 is 19.8 Å². The standard InChI is InChI=1S/C14H22N2O4/c1-14(2,13(15)16-18)6-7-20-11-5-4-10(9-17)8-12(11)19-3/h4-5,8,17-18H,6-7,9H2,1-3H3,(H2,15,16). The molecule has 0 atom stereocenters. The summed E-state index contributed by atoms with van der Waals surface area (Å²) in [6.45, 7) is 4.10. The van der Waals surface area contributed by atoms with Crippen LogP contribution in [0.4, 0.5) is 0 Å². The molecule has 0 aromatic heterocycles. The Morgan fingerprint density at radius 3 is 2.60 bits per heavy atom. The molecule has 0 fully saturated rings. The van der Waals surface area contributed by atoms with E-state index in [1.807, 2.05) is 13.8 Å². The zero-order valence-electron chi connectivity index (χ0n) is 12.1. The number of benzene rings is 1. The first kappa shape index (κ1) is 16.1. The van der Waals surface area contributed by atoms with Crippen molar-refractivity contribution in [3.05, 3.63) is 23.8 Å². The van der Waals surface area contributed by atoms with Gasteiger partial charge in [0.15, 0.2) is 11.5 Å². The van der Waals surface area contributed by atoms with E-state index in [1.165, 1.54) is 0 Å². The number of hydrogen-bond acceptors (Lipinski definition) is 5. The first-order valence-electron chi connectivity index (χ1n) is 6.33. The fourth-order valence-electron chi connectivity index (χ4n) is 1.61. The molecule has 6 heteroatoms. The molecule has 1 aromatic rings. The highest BCUT2D eigenvalue weighted by atomic mass is 16.5. The van der Waals surface area contributed by atoms with Gasteiger partial charge in [-0.15, -0.1) is 0 Å². The van der Waals surface area contributed by atoms with Gasteiger partial charge in [0, 0.05) is 5.41 Å². The van der Waals surface area contributed by atoms with Gasteiger partial charge in [-0.05, 0) is 24.1 Å². The average Bonchev–Trinajstić information content (AvgIpc) is 2.46. The monoisotopic (exact) mass is 282 g/mol. The summed E-state index contributed by atoms with van der Waals surface area (Å²) in [6.07, 6.45) is 0.591. The van der Waals surface area contributed by atoms with Gasteiger partial charge in [-0.2, -0.15) is 0 Å². The Hall–Kier alpha value is -1.95. The number of aliphatic hydroxyl groups is 1. The van der Waals surface area contributed by atoms with Crippen LogP contribution in [-0.4, -0.2) is 29.9 Å². The second-order valence-corrected chi connectivity index (χ2v) is 5.11. The molecule has 20 heavy (non-hydrogen) atoms. The van der Waals surface area contributed by atoms with Crippen molar-refractivity contribution in [1.82, 2.24) is 0 Å². The fraction of sp³-hybridized carbons (Fsp3) is 0.500. The number of oxime groups is 1. The quantitative estimate of drug-likeness (QED) is 0.306. The molecule has 0 heterocycles. The predicted octanol–water partition coefficient (Wildman–Crippen LogP) is 1.73. The molecule has 0 bridgehead atoms. The molecule has 0 amide bonds. The smallest absolute Gasteiger partial charge is 0.161 e. The van der Waals surface area contributed by atoms with Crippen molar-refractivity contribution >= 4 is 5.84 Å². The number of nitrogens with zero attached hydrogens (tertiary/aromatic N) is 1. The lowest BCUT2D eigenvalue weighted by Gasteiger charge is -2.23. The largest absolute Gasteiger partial charge is 0.493 e. The number of hydrogen-bond donors (Lipinski definition) is 3. The molecule has 0 spiro atoms. The van der Waals surface area contributed by atoms with E-state index in [2.05, 4.69) is 5.16 Å². The number of methoxy groups -OCH3 is 1. The van der Waals surface area contributed by atoms with E-state index in [9.17, 15) is 0 Å². The Morgan fingerprint density at radius 2 is 2.05 bits per heavy atom. The van der Waals surface area contributed by atoms with Gasteiger partial charge in [-0.1, -0.05) is 25.1 Å². The minimum Gasteiger partial charge on any atom is -0.493 e. The van der Waals surface area contributed by atoms with Crippen LogP contribution in [0.5, 0.6) is 11.5 Å². The van der Waals surface area contributed by atoms with E-state index >= 15 is 0 Å². The fourth-order valence-corrected chi connectivity index (χ4v) is 1.61. The SMILES string of the molecule is COc1cc(CO)ccc1OCCC(C)(C)/C(N)=N/O. The molecule has 0 saturated carbocycles. The lowest BCUT2D eigenvalue weighted by atomic mass is 9.88. The van der Waals surface area contributed by atoms with Gasteiger partial charge in [0.25, 0.3) is 0 Å². The maximum absolute atomic E-state index is 9.07. The van der Waals surface area contributed by atoms with Gasteiger partial charge in [0.1, 0.15) is 5.84 Å². The minimum atomic E-state index is -0.451. The van der Waals surface area contributed by atoms with Crippen LogP contribution in [0.2, 0.25) is 0 Å². The van der Waals surface area contributed by atoms with Crippen LogP contribution < -0.4 is 15.2 Å². The molecule has 1 rings (SSSR count). The summed E-state index contributed by atoms with van der Waals surface area (Å²) < 4.78 is 10.9. The predicted molar refractivity (Wildman–Crippen MR) is 76.2 cm³/mol. The molecule has 0 saturated heterocycles. The van der Waals surface area contributed by atoms with E-state index in [-0.39, 0.29) is 12.4 Å². The maximum Gasteiger partial charge on any atom is 0.161 e. The van der Waals surface area contributed by atoms with Crippen molar-refractivity contribution in [1.29, 1.82) is 0 Å². The van der Waals surface area contributed by atoms with Crippen molar-refractivity contribution in [2.45, 2.75) is 26.9 Å². The summed E-state index contributed by atoms with van der Waals surface area (Å²) >= 11 is 0.